The van der Waals surface area contributed by atoms with Gasteiger partial charge in [-0.25, -0.2) is 4.79 Å². The quantitative estimate of drug-likeness (QED) is 0.664. The first-order chi connectivity index (χ1) is 6.91. The predicted octanol–water partition coefficient (Wildman–Crippen LogP) is 2.94. The second-order valence-electron chi connectivity index (χ2n) is 4.40. The number of rotatable bonds is 1. The van der Waals surface area contributed by atoms with Gasteiger partial charge in [0, 0.05) is 14.1 Å². The smallest absolute Gasteiger partial charge is 0.410 e. The highest BCUT2D eigenvalue weighted by atomic mass is 16.6. The SMILES string of the molecule is CC1=CC(C)CC(C)=C1OC(=O)N(C)C. The standard InChI is InChI=1S/C12H19NO2/c1-8-6-9(2)11(10(3)7-8)15-12(14)13(4)5/h6,8H,7H2,1-5H3. The van der Waals surface area contributed by atoms with E-state index in [0.717, 1.165) is 23.3 Å². The van der Waals surface area contributed by atoms with Gasteiger partial charge >= 0.3 is 6.09 Å². The monoisotopic (exact) mass is 209 g/mol. The summed E-state index contributed by atoms with van der Waals surface area (Å²) >= 11 is 0. The fourth-order valence-corrected chi connectivity index (χ4v) is 1.82. The van der Waals surface area contributed by atoms with Crippen LogP contribution in [0.15, 0.2) is 23.0 Å². The van der Waals surface area contributed by atoms with Crippen molar-refractivity contribution in [3.63, 3.8) is 0 Å². The van der Waals surface area contributed by atoms with Gasteiger partial charge in [0.25, 0.3) is 0 Å². The van der Waals surface area contributed by atoms with Crippen LogP contribution in [-0.4, -0.2) is 25.1 Å². The molecule has 84 valence electrons. The number of amides is 1. The number of carbonyl (C=O) groups is 1. The van der Waals surface area contributed by atoms with Crippen LogP contribution in [0.25, 0.3) is 0 Å². The lowest BCUT2D eigenvalue weighted by Crippen LogP contribution is -2.23. The number of ether oxygens (including phenoxy) is 1. The Balaban J connectivity index is 2.82. The Morgan fingerprint density at radius 2 is 2.07 bits per heavy atom. The molecule has 0 aromatic heterocycles. The van der Waals surface area contributed by atoms with Crippen LogP contribution in [0.2, 0.25) is 0 Å². The first kappa shape index (κ1) is 11.8. The van der Waals surface area contributed by atoms with Crippen molar-refractivity contribution in [3.8, 4) is 0 Å². The molecule has 0 aliphatic heterocycles. The lowest BCUT2D eigenvalue weighted by Gasteiger charge is -2.22. The van der Waals surface area contributed by atoms with Gasteiger partial charge in [-0.3, -0.25) is 0 Å². The van der Waals surface area contributed by atoms with Crippen molar-refractivity contribution < 1.29 is 9.53 Å². The Morgan fingerprint density at radius 3 is 2.53 bits per heavy atom. The van der Waals surface area contributed by atoms with Crippen molar-refractivity contribution in [1.82, 2.24) is 4.90 Å². The number of nitrogens with zero attached hydrogens (tertiary/aromatic N) is 1. The van der Waals surface area contributed by atoms with Gasteiger partial charge in [0.15, 0.2) is 0 Å². The van der Waals surface area contributed by atoms with Crippen LogP contribution >= 0.6 is 0 Å². The Kier molecular flexibility index (Phi) is 3.56. The summed E-state index contributed by atoms with van der Waals surface area (Å²) in [6, 6.07) is 0. The number of carbonyl (C=O) groups excluding carboxylic acids is 1. The maximum atomic E-state index is 11.4. The van der Waals surface area contributed by atoms with Crippen LogP contribution in [0.3, 0.4) is 0 Å². The summed E-state index contributed by atoms with van der Waals surface area (Å²) in [7, 11) is 3.37. The van der Waals surface area contributed by atoms with E-state index in [9.17, 15) is 4.79 Å². The third-order valence-corrected chi connectivity index (χ3v) is 2.46. The van der Waals surface area contributed by atoms with Gasteiger partial charge in [0.05, 0.1) is 0 Å². The van der Waals surface area contributed by atoms with Gasteiger partial charge in [-0.05, 0) is 37.3 Å². The van der Waals surface area contributed by atoms with Gasteiger partial charge in [-0.15, -0.1) is 0 Å². The normalized spacial score (nSPS) is 21.1. The molecule has 0 heterocycles. The summed E-state index contributed by atoms with van der Waals surface area (Å²) in [6.07, 6.45) is 2.80. The lowest BCUT2D eigenvalue weighted by molar-refractivity contribution is 0.147. The fourth-order valence-electron chi connectivity index (χ4n) is 1.82. The molecule has 1 unspecified atom stereocenters. The van der Waals surface area contributed by atoms with Crippen LogP contribution in [0, 0.1) is 5.92 Å². The summed E-state index contributed by atoms with van der Waals surface area (Å²) in [5.41, 5.74) is 2.21. The minimum atomic E-state index is -0.313. The van der Waals surface area contributed by atoms with Crippen molar-refractivity contribution in [2.24, 2.45) is 5.92 Å². The molecule has 1 aliphatic carbocycles. The zero-order valence-electron chi connectivity index (χ0n) is 10.1. The molecular formula is C12H19NO2. The summed E-state index contributed by atoms with van der Waals surface area (Å²) in [6.45, 7) is 6.17. The Morgan fingerprint density at radius 1 is 1.47 bits per heavy atom. The maximum Gasteiger partial charge on any atom is 0.414 e. The molecule has 0 radical (unpaired) electrons. The Bertz CT molecular complexity index is 327. The Labute approximate surface area is 91.4 Å². The summed E-state index contributed by atoms with van der Waals surface area (Å²) in [4.78, 5) is 12.9. The third-order valence-electron chi connectivity index (χ3n) is 2.46. The molecule has 0 bridgehead atoms. The zero-order valence-corrected chi connectivity index (χ0v) is 10.1. The molecule has 3 nitrogen and oxygen atoms in total. The van der Waals surface area contributed by atoms with Crippen LogP contribution < -0.4 is 0 Å². The van der Waals surface area contributed by atoms with E-state index in [2.05, 4.69) is 13.0 Å². The van der Waals surface area contributed by atoms with Crippen LogP contribution in [0.1, 0.15) is 27.2 Å². The molecular weight excluding hydrogens is 190 g/mol. The van der Waals surface area contributed by atoms with E-state index in [1.165, 1.54) is 4.90 Å². The largest absolute Gasteiger partial charge is 0.414 e. The second-order valence-corrected chi connectivity index (χ2v) is 4.40. The summed E-state index contributed by atoms with van der Waals surface area (Å²) in [5.74, 6) is 1.28. The highest BCUT2D eigenvalue weighted by molar-refractivity contribution is 5.69. The fraction of sp³-hybridized carbons (Fsp3) is 0.583. The third kappa shape index (κ3) is 2.85. The van der Waals surface area contributed by atoms with Crippen LogP contribution in [0.5, 0.6) is 0 Å². The van der Waals surface area contributed by atoms with Crippen molar-refractivity contribution in [2.45, 2.75) is 27.2 Å². The van der Waals surface area contributed by atoms with Crippen molar-refractivity contribution >= 4 is 6.09 Å². The minimum Gasteiger partial charge on any atom is -0.410 e. The first-order valence-corrected chi connectivity index (χ1v) is 5.19. The van der Waals surface area contributed by atoms with E-state index >= 15 is 0 Å². The molecule has 0 fully saturated rings. The van der Waals surface area contributed by atoms with E-state index in [1.807, 2.05) is 13.8 Å². The number of hydrogen-bond acceptors (Lipinski definition) is 2. The molecule has 1 amide bonds. The molecule has 0 saturated heterocycles. The number of hydrogen-bond donors (Lipinski definition) is 0. The molecule has 0 N–H and O–H groups in total. The number of allylic oxidation sites excluding steroid dienone is 3. The average Bonchev–Trinajstić information content (AvgIpc) is 2.10. The van der Waals surface area contributed by atoms with Crippen molar-refractivity contribution in [2.75, 3.05) is 14.1 Å². The minimum absolute atomic E-state index is 0.313. The van der Waals surface area contributed by atoms with Gasteiger partial charge < -0.3 is 9.64 Å². The van der Waals surface area contributed by atoms with E-state index < -0.39 is 0 Å². The molecule has 1 aliphatic rings. The van der Waals surface area contributed by atoms with Crippen LogP contribution in [0.4, 0.5) is 4.79 Å². The summed E-state index contributed by atoms with van der Waals surface area (Å²) in [5, 5.41) is 0. The zero-order chi connectivity index (χ0) is 11.6. The molecule has 0 aromatic carbocycles. The van der Waals surface area contributed by atoms with Gasteiger partial charge in [0.1, 0.15) is 5.76 Å². The van der Waals surface area contributed by atoms with Gasteiger partial charge in [-0.2, -0.15) is 0 Å². The lowest BCUT2D eigenvalue weighted by atomic mass is 9.92. The topological polar surface area (TPSA) is 29.5 Å². The van der Waals surface area contributed by atoms with Crippen molar-refractivity contribution in [3.05, 3.63) is 23.0 Å². The van der Waals surface area contributed by atoms with E-state index in [-0.39, 0.29) is 6.09 Å². The molecule has 0 spiro atoms. The Hall–Kier alpha value is -1.25. The maximum absolute atomic E-state index is 11.4. The molecule has 0 saturated carbocycles. The molecule has 0 aromatic rings. The molecule has 1 rings (SSSR count). The molecule has 15 heavy (non-hydrogen) atoms. The second kappa shape index (κ2) is 4.51. The first-order valence-electron chi connectivity index (χ1n) is 5.19. The predicted molar refractivity (Wildman–Crippen MR) is 60.4 cm³/mol. The highest BCUT2D eigenvalue weighted by Crippen LogP contribution is 2.29. The van der Waals surface area contributed by atoms with Crippen molar-refractivity contribution in [1.29, 1.82) is 0 Å². The average molecular weight is 209 g/mol. The summed E-state index contributed by atoms with van der Waals surface area (Å²) < 4.78 is 5.32. The molecule has 3 heteroatoms. The van der Waals surface area contributed by atoms with Crippen LogP contribution in [-0.2, 0) is 4.74 Å². The van der Waals surface area contributed by atoms with E-state index in [1.54, 1.807) is 14.1 Å². The van der Waals surface area contributed by atoms with Gasteiger partial charge in [-0.1, -0.05) is 13.0 Å². The molecule has 1 atom stereocenters. The highest BCUT2D eigenvalue weighted by Gasteiger charge is 2.19. The van der Waals surface area contributed by atoms with E-state index in [4.69, 9.17) is 4.74 Å². The van der Waals surface area contributed by atoms with Gasteiger partial charge in [0.2, 0.25) is 0 Å². The van der Waals surface area contributed by atoms with E-state index in [0.29, 0.717) is 5.92 Å².